The van der Waals surface area contributed by atoms with Crippen LogP contribution in [0.4, 0.5) is 0 Å². The fourth-order valence-corrected chi connectivity index (χ4v) is 2.03. The number of hydrogen-bond acceptors (Lipinski definition) is 3. The molecule has 0 saturated heterocycles. The van der Waals surface area contributed by atoms with E-state index in [1.807, 2.05) is 0 Å². The first-order valence-corrected chi connectivity index (χ1v) is 6.81. The number of nitrogens with two attached hydrogens (primary N) is 1. The Hall–Kier alpha value is -0.560. The van der Waals surface area contributed by atoms with Gasteiger partial charge in [-0.2, -0.15) is 0 Å². The van der Waals surface area contributed by atoms with Crippen molar-refractivity contribution in [1.82, 2.24) is 0 Å². The van der Waals surface area contributed by atoms with Crippen LogP contribution in [0.5, 0.6) is 5.75 Å². The van der Waals surface area contributed by atoms with Gasteiger partial charge < -0.3 is 4.74 Å². The highest BCUT2D eigenvalue weighted by molar-refractivity contribution is 9.11. The van der Waals surface area contributed by atoms with Crippen LogP contribution in [0.25, 0.3) is 0 Å². The molecule has 1 rings (SSSR count). The minimum atomic E-state index is -3.86. The van der Waals surface area contributed by atoms with Crippen molar-refractivity contribution in [3.63, 3.8) is 0 Å². The van der Waals surface area contributed by atoms with E-state index in [1.165, 1.54) is 18.2 Å². The van der Waals surface area contributed by atoms with Crippen molar-refractivity contribution in [2.75, 3.05) is 6.61 Å². The van der Waals surface area contributed by atoms with E-state index in [2.05, 4.69) is 22.5 Å². The van der Waals surface area contributed by atoms with E-state index in [0.717, 1.165) is 0 Å². The van der Waals surface area contributed by atoms with Crippen molar-refractivity contribution < 1.29 is 13.2 Å². The predicted octanol–water partition coefficient (Wildman–Crippen LogP) is 2.27. The number of ether oxygens (including phenoxy) is 1. The Bertz CT molecular complexity index is 515. The molecule has 88 valence electrons. The lowest BCUT2D eigenvalue weighted by Crippen LogP contribution is -2.14. The second kappa shape index (κ2) is 5.18. The Morgan fingerprint density at radius 1 is 1.56 bits per heavy atom. The summed E-state index contributed by atoms with van der Waals surface area (Å²) in [5, 5.41) is 5.30. The normalized spacial score (nSPS) is 11.2. The van der Waals surface area contributed by atoms with Crippen molar-refractivity contribution in [2.45, 2.75) is 4.90 Å². The Morgan fingerprint density at radius 3 is 2.69 bits per heavy atom. The Morgan fingerprint density at radius 2 is 2.19 bits per heavy atom. The first-order chi connectivity index (χ1) is 7.30. The summed E-state index contributed by atoms with van der Waals surface area (Å²) < 4.78 is 28.3. The van der Waals surface area contributed by atoms with E-state index in [4.69, 9.17) is 21.5 Å². The maximum absolute atomic E-state index is 11.3. The SMILES string of the molecule is C=C(Br)COc1ccc(Cl)cc1S(N)(=O)=O. The largest absolute Gasteiger partial charge is 0.487 e. The number of primary sulfonamides is 1. The van der Waals surface area contributed by atoms with E-state index in [-0.39, 0.29) is 22.3 Å². The fraction of sp³-hybridized carbons (Fsp3) is 0.111. The molecule has 4 nitrogen and oxygen atoms in total. The zero-order chi connectivity index (χ0) is 12.3. The van der Waals surface area contributed by atoms with Crippen LogP contribution in [-0.4, -0.2) is 15.0 Å². The second-order valence-corrected chi connectivity index (χ2v) is 6.03. The van der Waals surface area contributed by atoms with Crippen LogP contribution in [0, 0.1) is 0 Å². The molecule has 0 spiro atoms. The lowest BCUT2D eigenvalue weighted by molar-refractivity contribution is 0.351. The van der Waals surface area contributed by atoms with Crippen molar-refractivity contribution in [1.29, 1.82) is 0 Å². The summed E-state index contributed by atoms with van der Waals surface area (Å²) in [6.07, 6.45) is 0. The number of sulfonamides is 1. The van der Waals surface area contributed by atoms with Crippen molar-refractivity contribution in [2.24, 2.45) is 5.14 Å². The van der Waals surface area contributed by atoms with Crippen LogP contribution < -0.4 is 9.88 Å². The van der Waals surface area contributed by atoms with Crippen LogP contribution in [0.1, 0.15) is 0 Å². The zero-order valence-corrected chi connectivity index (χ0v) is 11.3. The standard InChI is InChI=1S/C9H9BrClNO3S/c1-6(10)5-15-8-3-2-7(11)4-9(8)16(12,13)14/h2-4H,1,5H2,(H2,12,13,14). The minimum absolute atomic E-state index is 0.143. The number of hydrogen-bond donors (Lipinski definition) is 1. The topological polar surface area (TPSA) is 69.4 Å². The molecule has 7 heteroatoms. The van der Waals surface area contributed by atoms with Gasteiger partial charge in [-0.3, -0.25) is 0 Å². The van der Waals surface area contributed by atoms with Gasteiger partial charge >= 0.3 is 0 Å². The van der Waals surface area contributed by atoms with Gasteiger partial charge in [-0.15, -0.1) is 0 Å². The van der Waals surface area contributed by atoms with Crippen LogP contribution >= 0.6 is 27.5 Å². The molecule has 0 atom stereocenters. The summed E-state index contributed by atoms with van der Waals surface area (Å²) >= 11 is 8.78. The first kappa shape index (κ1) is 13.5. The van der Waals surface area contributed by atoms with Crippen molar-refractivity contribution >= 4 is 37.6 Å². The highest BCUT2D eigenvalue weighted by atomic mass is 79.9. The minimum Gasteiger partial charge on any atom is -0.487 e. The second-order valence-electron chi connectivity index (χ2n) is 2.94. The van der Waals surface area contributed by atoms with Gasteiger partial charge in [0.15, 0.2) is 0 Å². The van der Waals surface area contributed by atoms with Gasteiger partial charge in [-0.25, -0.2) is 13.6 Å². The van der Waals surface area contributed by atoms with E-state index >= 15 is 0 Å². The van der Waals surface area contributed by atoms with Crippen molar-refractivity contribution in [3.05, 3.63) is 34.3 Å². The number of halogens is 2. The molecule has 0 amide bonds. The van der Waals surface area contributed by atoms with Crippen LogP contribution in [0.3, 0.4) is 0 Å². The molecule has 0 radical (unpaired) electrons. The van der Waals surface area contributed by atoms with Crippen LogP contribution in [0.2, 0.25) is 5.02 Å². The van der Waals surface area contributed by atoms with E-state index in [9.17, 15) is 8.42 Å². The average Bonchev–Trinajstić information content (AvgIpc) is 2.14. The number of rotatable bonds is 4. The predicted molar refractivity (Wildman–Crippen MR) is 66.4 cm³/mol. The molecule has 0 aliphatic carbocycles. The first-order valence-electron chi connectivity index (χ1n) is 4.09. The molecule has 1 aromatic carbocycles. The molecule has 0 heterocycles. The number of benzene rings is 1. The van der Waals surface area contributed by atoms with Crippen LogP contribution in [-0.2, 0) is 10.0 Å². The monoisotopic (exact) mass is 325 g/mol. The molecule has 0 unspecified atom stereocenters. The molecular formula is C9H9BrClNO3S. The third-order valence-corrected chi connectivity index (χ3v) is 2.99. The van der Waals surface area contributed by atoms with E-state index < -0.39 is 10.0 Å². The van der Waals surface area contributed by atoms with Gasteiger partial charge in [0.2, 0.25) is 10.0 Å². The molecule has 1 aromatic rings. The molecule has 0 aliphatic rings. The zero-order valence-electron chi connectivity index (χ0n) is 8.11. The lowest BCUT2D eigenvalue weighted by Gasteiger charge is -2.09. The summed E-state index contributed by atoms with van der Waals surface area (Å²) in [5.41, 5.74) is 0. The fourth-order valence-electron chi connectivity index (χ4n) is 0.980. The molecular weight excluding hydrogens is 318 g/mol. The highest BCUT2D eigenvalue weighted by Crippen LogP contribution is 2.26. The molecule has 0 saturated carbocycles. The Kier molecular flexibility index (Phi) is 4.37. The Balaban J connectivity index is 3.13. The van der Waals surface area contributed by atoms with Gasteiger partial charge in [0.05, 0.1) is 0 Å². The van der Waals surface area contributed by atoms with Gasteiger partial charge in [-0.05, 0) is 18.2 Å². The molecule has 0 aliphatic heterocycles. The quantitative estimate of drug-likeness (QED) is 0.923. The third-order valence-electron chi connectivity index (χ3n) is 1.60. The molecule has 0 fully saturated rings. The van der Waals surface area contributed by atoms with Crippen molar-refractivity contribution in [3.8, 4) is 5.75 Å². The van der Waals surface area contributed by atoms with Gasteiger partial charge in [0.1, 0.15) is 17.3 Å². The summed E-state index contributed by atoms with van der Waals surface area (Å²) in [4.78, 5) is -0.145. The van der Waals surface area contributed by atoms with Crippen LogP contribution in [0.15, 0.2) is 34.2 Å². The molecule has 16 heavy (non-hydrogen) atoms. The average molecular weight is 327 g/mol. The van der Waals surface area contributed by atoms with E-state index in [1.54, 1.807) is 0 Å². The maximum Gasteiger partial charge on any atom is 0.241 e. The molecule has 0 aromatic heterocycles. The van der Waals surface area contributed by atoms with Gasteiger partial charge in [0, 0.05) is 9.51 Å². The Labute approximate surface area is 107 Å². The molecule has 0 bridgehead atoms. The third kappa shape index (κ3) is 3.79. The maximum atomic E-state index is 11.3. The summed E-state index contributed by atoms with van der Waals surface area (Å²) in [6.45, 7) is 3.71. The highest BCUT2D eigenvalue weighted by Gasteiger charge is 2.15. The summed E-state index contributed by atoms with van der Waals surface area (Å²) in [7, 11) is -3.86. The lowest BCUT2D eigenvalue weighted by atomic mass is 10.3. The van der Waals surface area contributed by atoms with E-state index in [0.29, 0.717) is 4.48 Å². The summed E-state index contributed by atoms with van der Waals surface area (Å²) in [6, 6.07) is 4.20. The smallest absolute Gasteiger partial charge is 0.241 e. The van der Waals surface area contributed by atoms with Gasteiger partial charge in [0.25, 0.3) is 0 Å². The van der Waals surface area contributed by atoms with Gasteiger partial charge in [-0.1, -0.05) is 34.1 Å². The molecule has 2 N–H and O–H groups in total. The summed E-state index contributed by atoms with van der Waals surface area (Å²) in [5.74, 6) is 0.146.